The van der Waals surface area contributed by atoms with Gasteiger partial charge in [-0.2, -0.15) is 0 Å². The fourth-order valence-corrected chi connectivity index (χ4v) is 4.14. The van der Waals surface area contributed by atoms with Crippen LogP contribution in [0.5, 0.6) is 0 Å². The van der Waals surface area contributed by atoms with E-state index in [1.54, 1.807) is 18.3 Å². The number of amides is 3. The van der Waals surface area contributed by atoms with Gasteiger partial charge < -0.3 is 5.32 Å². The molecule has 3 amide bonds. The van der Waals surface area contributed by atoms with E-state index in [0.29, 0.717) is 22.3 Å². The zero-order valence-corrected chi connectivity index (χ0v) is 16.8. The minimum absolute atomic E-state index is 0.0593. The Morgan fingerprint density at radius 2 is 1.68 bits per heavy atom. The van der Waals surface area contributed by atoms with E-state index in [4.69, 9.17) is 0 Å². The summed E-state index contributed by atoms with van der Waals surface area (Å²) in [5, 5.41) is 5.67. The molecule has 1 saturated heterocycles. The number of fused-ring (bicyclic) bond motifs is 2. The third-order valence-electron chi connectivity index (χ3n) is 5.80. The molecule has 5 rings (SSSR count). The quantitative estimate of drug-likeness (QED) is 0.517. The Morgan fingerprint density at radius 3 is 2.42 bits per heavy atom. The second-order valence-corrected chi connectivity index (χ2v) is 7.67. The average molecular weight is 409 g/mol. The van der Waals surface area contributed by atoms with Crippen molar-refractivity contribution in [3.63, 3.8) is 0 Å². The molecule has 1 aliphatic heterocycles. The lowest BCUT2D eigenvalue weighted by Crippen LogP contribution is -2.26. The lowest BCUT2D eigenvalue weighted by Gasteiger charge is -2.16. The molecule has 0 spiro atoms. The molecule has 1 N–H and O–H groups in total. The number of likely N-dealkylation sites (tertiary alicyclic amines) is 1. The smallest absolute Gasteiger partial charge is 0.256 e. The van der Waals surface area contributed by atoms with Gasteiger partial charge in [-0.25, -0.2) is 0 Å². The van der Waals surface area contributed by atoms with Crippen molar-refractivity contribution in [1.29, 1.82) is 0 Å². The molecule has 0 aliphatic carbocycles. The van der Waals surface area contributed by atoms with E-state index in [1.807, 2.05) is 54.6 Å². The lowest BCUT2D eigenvalue weighted by molar-refractivity contribution is -0.137. The number of carbonyl (C=O) groups excluding carboxylic acids is 3. The minimum atomic E-state index is -0.673. The summed E-state index contributed by atoms with van der Waals surface area (Å²) in [6.45, 7) is 0. The predicted molar refractivity (Wildman–Crippen MR) is 119 cm³/mol. The molecule has 2 heterocycles. The molecule has 152 valence electrons. The fraction of sp³-hybridized carbons (Fsp3) is 0.120. The van der Waals surface area contributed by atoms with Gasteiger partial charge in [-0.1, -0.05) is 42.5 Å². The number of nitrogens with one attached hydrogen (secondary N) is 1. The minimum Gasteiger partial charge on any atom is -0.320 e. The van der Waals surface area contributed by atoms with Crippen molar-refractivity contribution in [3.05, 3.63) is 84.1 Å². The number of aromatic nitrogens is 1. The third kappa shape index (κ3) is 3.22. The Balaban J connectivity index is 1.62. The Morgan fingerprint density at radius 1 is 0.968 bits per heavy atom. The molecule has 6 heteroatoms. The predicted octanol–water partition coefficient (Wildman–Crippen LogP) is 4.11. The number of imide groups is 1. The van der Waals surface area contributed by atoms with Crippen LogP contribution in [0.15, 0.2) is 72.9 Å². The second kappa shape index (κ2) is 7.32. The molecule has 1 fully saturated rings. The van der Waals surface area contributed by atoms with Crippen LogP contribution in [0.1, 0.15) is 28.3 Å². The van der Waals surface area contributed by atoms with E-state index >= 15 is 0 Å². The normalized spacial score (nSPS) is 16.3. The molecule has 0 saturated carbocycles. The molecule has 0 bridgehead atoms. The maximum atomic E-state index is 13.4. The van der Waals surface area contributed by atoms with Crippen molar-refractivity contribution in [1.82, 2.24) is 9.88 Å². The van der Waals surface area contributed by atoms with Crippen molar-refractivity contribution in [2.75, 3.05) is 12.4 Å². The largest absolute Gasteiger partial charge is 0.320 e. The van der Waals surface area contributed by atoms with Gasteiger partial charge in [0.25, 0.3) is 5.91 Å². The molecular weight excluding hydrogens is 390 g/mol. The molecule has 1 unspecified atom stereocenters. The van der Waals surface area contributed by atoms with Gasteiger partial charge in [0, 0.05) is 30.6 Å². The Hall–Kier alpha value is -4.06. The standard InChI is InChI=1S/C25H19N3O3/c1-28-22(29)14-20(25(28)31)18-12-16-6-2-3-7-17(16)13-19(18)24(30)27-21-10-4-8-15-9-5-11-26-23(15)21/h2-13,20H,14H2,1H3,(H,27,30). The first-order valence-electron chi connectivity index (χ1n) is 10.0. The van der Waals surface area contributed by atoms with E-state index < -0.39 is 5.92 Å². The van der Waals surface area contributed by atoms with Crippen LogP contribution in [0, 0.1) is 0 Å². The number of hydrogen-bond acceptors (Lipinski definition) is 4. The molecule has 3 aromatic carbocycles. The van der Waals surface area contributed by atoms with Crippen LogP contribution < -0.4 is 5.32 Å². The SMILES string of the molecule is CN1C(=O)CC(c2cc3ccccc3cc2C(=O)Nc2cccc3cccnc23)C1=O. The van der Waals surface area contributed by atoms with Crippen molar-refractivity contribution in [3.8, 4) is 0 Å². The summed E-state index contributed by atoms with van der Waals surface area (Å²) in [6, 6.07) is 20.6. The Labute approximate surface area is 178 Å². The van der Waals surface area contributed by atoms with E-state index in [0.717, 1.165) is 21.1 Å². The van der Waals surface area contributed by atoms with Gasteiger partial charge in [-0.15, -0.1) is 0 Å². The van der Waals surface area contributed by atoms with Crippen LogP contribution >= 0.6 is 0 Å². The highest BCUT2D eigenvalue weighted by Crippen LogP contribution is 2.34. The van der Waals surface area contributed by atoms with E-state index in [9.17, 15) is 14.4 Å². The molecule has 6 nitrogen and oxygen atoms in total. The highest BCUT2D eigenvalue weighted by Gasteiger charge is 2.39. The van der Waals surface area contributed by atoms with Gasteiger partial charge in [-0.05, 0) is 40.6 Å². The van der Waals surface area contributed by atoms with Crippen LogP contribution in [-0.4, -0.2) is 34.7 Å². The number of likely N-dealkylation sites (N-methyl/N-ethyl adjacent to an activating group) is 1. The van der Waals surface area contributed by atoms with Crippen LogP contribution in [0.2, 0.25) is 0 Å². The van der Waals surface area contributed by atoms with Gasteiger partial charge in [0.05, 0.1) is 17.1 Å². The van der Waals surface area contributed by atoms with Gasteiger partial charge >= 0.3 is 0 Å². The molecule has 1 aliphatic rings. The molecule has 0 radical (unpaired) electrons. The maximum Gasteiger partial charge on any atom is 0.256 e. The second-order valence-electron chi connectivity index (χ2n) is 7.67. The average Bonchev–Trinajstić information content (AvgIpc) is 3.05. The first kappa shape index (κ1) is 18.9. The number of carbonyl (C=O) groups is 3. The van der Waals surface area contributed by atoms with Crippen molar-refractivity contribution < 1.29 is 14.4 Å². The first-order chi connectivity index (χ1) is 15.0. The topological polar surface area (TPSA) is 79.4 Å². The molecule has 31 heavy (non-hydrogen) atoms. The van der Waals surface area contributed by atoms with Crippen LogP contribution in [-0.2, 0) is 9.59 Å². The van der Waals surface area contributed by atoms with Gasteiger partial charge in [0.15, 0.2) is 0 Å². The Kier molecular flexibility index (Phi) is 4.47. The molecular formula is C25H19N3O3. The van der Waals surface area contributed by atoms with Gasteiger partial charge in [0.2, 0.25) is 11.8 Å². The summed E-state index contributed by atoms with van der Waals surface area (Å²) in [7, 11) is 1.48. The van der Waals surface area contributed by atoms with Crippen LogP contribution in [0.4, 0.5) is 5.69 Å². The van der Waals surface area contributed by atoms with Gasteiger partial charge in [0.1, 0.15) is 0 Å². The number of hydrogen-bond donors (Lipinski definition) is 1. The van der Waals surface area contributed by atoms with E-state index in [1.165, 1.54) is 7.05 Å². The summed E-state index contributed by atoms with van der Waals surface area (Å²) in [5.74, 6) is -1.55. The third-order valence-corrected chi connectivity index (χ3v) is 5.80. The number of pyridine rings is 1. The zero-order chi connectivity index (χ0) is 21.5. The zero-order valence-electron chi connectivity index (χ0n) is 16.8. The van der Waals surface area contributed by atoms with Crippen LogP contribution in [0.25, 0.3) is 21.7 Å². The fourth-order valence-electron chi connectivity index (χ4n) is 4.14. The van der Waals surface area contributed by atoms with Crippen LogP contribution in [0.3, 0.4) is 0 Å². The monoisotopic (exact) mass is 409 g/mol. The summed E-state index contributed by atoms with van der Waals surface area (Å²) in [6.07, 6.45) is 1.74. The number of nitrogens with zero attached hydrogens (tertiary/aromatic N) is 2. The molecule has 1 aromatic heterocycles. The number of anilines is 1. The van der Waals surface area contributed by atoms with Crippen molar-refractivity contribution >= 4 is 45.1 Å². The van der Waals surface area contributed by atoms with E-state index in [-0.39, 0.29) is 24.1 Å². The van der Waals surface area contributed by atoms with Gasteiger partial charge in [-0.3, -0.25) is 24.3 Å². The summed E-state index contributed by atoms with van der Waals surface area (Å²) >= 11 is 0. The Bertz CT molecular complexity index is 1370. The molecule has 1 atom stereocenters. The highest BCUT2D eigenvalue weighted by molar-refractivity contribution is 6.13. The van der Waals surface area contributed by atoms with Crippen molar-refractivity contribution in [2.24, 2.45) is 0 Å². The van der Waals surface area contributed by atoms with Crippen molar-refractivity contribution in [2.45, 2.75) is 12.3 Å². The maximum absolute atomic E-state index is 13.4. The first-order valence-corrected chi connectivity index (χ1v) is 10.0. The summed E-state index contributed by atoms with van der Waals surface area (Å²) < 4.78 is 0. The molecule has 4 aromatic rings. The number of rotatable bonds is 3. The summed E-state index contributed by atoms with van der Waals surface area (Å²) in [5.41, 5.74) is 2.22. The number of para-hydroxylation sites is 1. The lowest BCUT2D eigenvalue weighted by atomic mass is 9.89. The summed E-state index contributed by atoms with van der Waals surface area (Å²) in [4.78, 5) is 43.8. The van der Waals surface area contributed by atoms with E-state index in [2.05, 4.69) is 10.3 Å². The number of benzene rings is 3. The highest BCUT2D eigenvalue weighted by atomic mass is 16.2.